The third-order valence-electron chi connectivity index (χ3n) is 3.92. The Bertz CT molecular complexity index is 267. The maximum Gasteiger partial charge on any atom is 0.220 e. The van der Waals surface area contributed by atoms with E-state index in [1.807, 2.05) is 0 Å². The predicted octanol–water partition coefficient (Wildman–Crippen LogP) is 1.59. The van der Waals surface area contributed by atoms with E-state index in [0.29, 0.717) is 24.6 Å². The summed E-state index contributed by atoms with van der Waals surface area (Å²) in [6, 6.07) is 1.07. The molecule has 4 nitrogen and oxygen atoms in total. The number of carbonyl (C=O) groups is 1. The van der Waals surface area contributed by atoms with Crippen molar-refractivity contribution in [3.63, 3.8) is 0 Å². The molecule has 2 atom stereocenters. The minimum absolute atomic E-state index is 0.220. The van der Waals surface area contributed by atoms with E-state index < -0.39 is 0 Å². The van der Waals surface area contributed by atoms with Crippen molar-refractivity contribution in [1.82, 2.24) is 10.6 Å². The van der Waals surface area contributed by atoms with Gasteiger partial charge in [0.05, 0.1) is 6.10 Å². The fourth-order valence-corrected chi connectivity index (χ4v) is 2.63. The fourth-order valence-electron chi connectivity index (χ4n) is 2.63. The molecule has 18 heavy (non-hydrogen) atoms. The quantitative estimate of drug-likeness (QED) is 0.678. The number of nitrogens with one attached hydrogen (secondary N) is 2. The SMILES string of the molecule is COC1CCCC(NCCCC(=O)NC2CC2)C1. The molecule has 1 amide bonds. The molecule has 0 aromatic rings. The number of hydrogen-bond donors (Lipinski definition) is 2. The summed E-state index contributed by atoms with van der Waals surface area (Å²) in [6.07, 6.45) is 9.16. The first-order valence-corrected chi connectivity index (χ1v) is 7.33. The molecule has 2 fully saturated rings. The van der Waals surface area contributed by atoms with E-state index in [4.69, 9.17) is 4.74 Å². The maximum atomic E-state index is 11.5. The normalized spacial score (nSPS) is 28.1. The molecule has 0 aromatic heterocycles. The van der Waals surface area contributed by atoms with Crippen LogP contribution in [0.1, 0.15) is 51.4 Å². The monoisotopic (exact) mass is 254 g/mol. The van der Waals surface area contributed by atoms with Gasteiger partial charge in [-0.15, -0.1) is 0 Å². The number of hydrogen-bond acceptors (Lipinski definition) is 3. The largest absolute Gasteiger partial charge is 0.381 e. The lowest BCUT2D eigenvalue weighted by atomic mass is 9.93. The second kappa shape index (κ2) is 7.10. The van der Waals surface area contributed by atoms with Gasteiger partial charge in [-0.05, 0) is 51.5 Å². The van der Waals surface area contributed by atoms with Gasteiger partial charge in [0, 0.05) is 25.6 Å². The van der Waals surface area contributed by atoms with Crippen LogP contribution in [0.2, 0.25) is 0 Å². The van der Waals surface area contributed by atoms with Crippen LogP contribution in [0.5, 0.6) is 0 Å². The van der Waals surface area contributed by atoms with Crippen molar-refractivity contribution in [2.24, 2.45) is 0 Å². The van der Waals surface area contributed by atoms with Crippen molar-refractivity contribution in [3.05, 3.63) is 0 Å². The van der Waals surface area contributed by atoms with E-state index in [1.165, 1.54) is 32.1 Å². The zero-order chi connectivity index (χ0) is 12.8. The van der Waals surface area contributed by atoms with Crippen molar-refractivity contribution < 1.29 is 9.53 Å². The summed E-state index contributed by atoms with van der Waals surface area (Å²) in [5.74, 6) is 0.220. The van der Waals surface area contributed by atoms with Gasteiger partial charge in [-0.1, -0.05) is 0 Å². The lowest BCUT2D eigenvalue weighted by molar-refractivity contribution is -0.121. The Balaban J connectivity index is 1.50. The average Bonchev–Trinajstić information content (AvgIpc) is 3.19. The zero-order valence-corrected chi connectivity index (χ0v) is 11.4. The van der Waals surface area contributed by atoms with Crippen molar-refractivity contribution in [1.29, 1.82) is 0 Å². The van der Waals surface area contributed by atoms with Crippen LogP contribution in [-0.2, 0) is 9.53 Å². The Morgan fingerprint density at radius 1 is 1.22 bits per heavy atom. The highest BCUT2D eigenvalue weighted by Crippen LogP contribution is 2.20. The van der Waals surface area contributed by atoms with Crippen molar-refractivity contribution >= 4 is 5.91 Å². The Labute approximate surface area is 110 Å². The van der Waals surface area contributed by atoms with E-state index in [9.17, 15) is 4.79 Å². The summed E-state index contributed by atoms with van der Waals surface area (Å²) in [4.78, 5) is 11.5. The Hall–Kier alpha value is -0.610. The fraction of sp³-hybridized carbons (Fsp3) is 0.929. The zero-order valence-electron chi connectivity index (χ0n) is 11.4. The molecule has 2 rings (SSSR count). The van der Waals surface area contributed by atoms with Crippen molar-refractivity contribution in [2.45, 2.75) is 69.6 Å². The third-order valence-corrected chi connectivity index (χ3v) is 3.92. The molecular formula is C14H26N2O2. The topological polar surface area (TPSA) is 50.4 Å². The summed E-state index contributed by atoms with van der Waals surface area (Å²) in [5.41, 5.74) is 0. The van der Waals surface area contributed by atoms with Gasteiger partial charge in [0.15, 0.2) is 0 Å². The highest BCUT2D eigenvalue weighted by molar-refractivity contribution is 5.76. The molecule has 0 aliphatic heterocycles. The number of amides is 1. The second-order valence-electron chi connectivity index (χ2n) is 5.62. The lowest BCUT2D eigenvalue weighted by Gasteiger charge is -2.28. The Morgan fingerprint density at radius 2 is 2.06 bits per heavy atom. The van der Waals surface area contributed by atoms with E-state index in [0.717, 1.165) is 19.4 Å². The molecular weight excluding hydrogens is 228 g/mol. The predicted molar refractivity (Wildman–Crippen MR) is 71.5 cm³/mol. The Morgan fingerprint density at radius 3 is 2.78 bits per heavy atom. The van der Waals surface area contributed by atoms with Gasteiger partial charge in [0.2, 0.25) is 5.91 Å². The third kappa shape index (κ3) is 4.94. The van der Waals surface area contributed by atoms with Crippen molar-refractivity contribution in [3.8, 4) is 0 Å². The minimum atomic E-state index is 0.220. The van der Waals surface area contributed by atoms with Gasteiger partial charge in [0.1, 0.15) is 0 Å². The lowest BCUT2D eigenvalue weighted by Crippen LogP contribution is -2.37. The van der Waals surface area contributed by atoms with Gasteiger partial charge >= 0.3 is 0 Å². The molecule has 0 saturated heterocycles. The van der Waals surface area contributed by atoms with Crippen LogP contribution in [0.3, 0.4) is 0 Å². The van der Waals surface area contributed by atoms with Crippen LogP contribution in [0.15, 0.2) is 0 Å². The number of methoxy groups -OCH3 is 1. The van der Waals surface area contributed by atoms with Crippen LogP contribution < -0.4 is 10.6 Å². The van der Waals surface area contributed by atoms with Gasteiger partial charge in [-0.25, -0.2) is 0 Å². The molecule has 0 spiro atoms. The van der Waals surface area contributed by atoms with Crippen molar-refractivity contribution in [2.75, 3.05) is 13.7 Å². The van der Waals surface area contributed by atoms with E-state index in [2.05, 4.69) is 10.6 Å². The number of ether oxygens (including phenoxy) is 1. The second-order valence-corrected chi connectivity index (χ2v) is 5.62. The smallest absolute Gasteiger partial charge is 0.220 e. The Kier molecular flexibility index (Phi) is 5.45. The maximum absolute atomic E-state index is 11.5. The van der Waals surface area contributed by atoms with Crippen LogP contribution in [-0.4, -0.2) is 37.7 Å². The number of carbonyl (C=O) groups excluding carboxylic acids is 1. The van der Waals surface area contributed by atoms with Crippen LogP contribution in [0.4, 0.5) is 0 Å². The summed E-state index contributed by atoms with van der Waals surface area (Å²) < 4.78 is 5.41. The molecule has 104 valence electrons. The van der Waals surface area contributed by atoms with E-state index in [-0.39, 0.29) is 5.91 Å². The van der Waals surface area contributed by atoms with Gasteiger partial charge in [0.25, 0.3) is 0 Å². The highest BCUT2D eigenvalue weighted by atomic mass is 16.5. The molecule has 0 heterocycles. The first-order valence-electron chi connectivity index (χ1n) is 7.33. The van der Waals surface area contributed by atoms with Gasteiger partial charge < -0.3 is 15.4 Å². The average molecular weight is 254 g/mol. The van der Waals surface area contributed by atoms with E-state index >= 15 is 0 Å². The highest BCUT2D eigenvalue weighted by Gasteiger charge is 2.23. The molecule has 0 bridgehead atoms. The van der Waals surface area contributed by atoms with Gasteiger partial charge in [-0.2, -0.15) is 0 Å². The molecule has 0 aromatic carbocycles. The summed E-state index contributed by atoms with van der Waals surface area (Å²) in [7, 11) is 1.80. The van der Waals surface area contributed by atoms with E-state index in [1.54, 1.807) is 7.11 Å². The molecule has 2 unspecified atom stereocenters. The first-order chi connectivity index (χ1) is 8.78. The van der Waals surface area contributed by atoms with Crippen LogP contribution in [0, 0.1) is 0 Å². The van der Waals surface area contributed by atoms with Crippen LogP contribution >= 0.6 is 0 Å². The molecule has 0 radical (unpaired) electrons. The van der Waals surface area contributed by atoms with Crippen LogP contribution in [0.25, 0.3) is 0 Å². The minimum Gasteiger partial charge on any atom is -0.381 e. The number of rotatable bonds is 7. The summed E-state index contributed by atoms with van der Waals surface area (Å²) in [5, 5.41) is 6.57. The molecule has 2 N–H and O–H groups in total. The summed E-state index contributed by atoms with van der Waals surface area (Å²) >= 11 is 0. The molecule has 2 aliphatic carbocycles. The molecule has 2 saturated carbocycles. The molecule has 4 heteroatoms. The molecule has 2 aliphatic rings. The summed E-state index contributed by atoms with van der Waals surface area (Å²) in [6.45, 7) is 0.944. The standard InChI is InChI=1S/C14H26N2O2/c1-18-13-5-2-4-12(10-13)15-9-3-6-14(17)16-11-7-8-11/h11-13,15H,2-10H2,1H3,(H,16,17). The van der Waals surface area contributed by atoms with Gasteiger partial charge in [-0.3, -0.25) is 4.79 Å². The first kappa shape index (κ1) is 13.8.